The molecule has 0 aliphatic carbocycles. The van der Waals surface area contributed by atoms with Crippen molar-refractivity contribution in [3.8, 4) is 5.75 Å². The highest BCUT2D eigenvalue weighted by Gasteiger charge is 2.07. The molecular weight excluding hydrogens is 330 g/mol. The molecule has 0 radical (unpaired) electrons. The summed E-state index contributed by atoms with van der Waals surface area (Å²) in [5, 5.41) is 3.42. The molecule has 0 saturated heterocycles. The minimum atomic E-state index is 0.465. The maximum Gasteiger partial charge on any atom is 0.119 e. The predicted octanol–water partition coefficient (Wildman–Crippen LogP) is 3.53. The van der Waals surface area contributed by atoms with E-state index in [2.05, 4.69) is 44.6 Å². The molecule has 0 bridgehead atoms. The Hall–Kier alpha value is -1.33. The molecule has 0 aliphatic heterocycles. The van der Waals surface area contributed by atoms with Gasteiger partial charge in [0, 0.05) is 23.3 Å². The molecule has 0 aliphatic rings. The topological polar surface area (TPSA) is 39.1 Å². The molecule has 0 amide bonds. The second kappa shape index (κ2) is 7.61. The molecule has 2 aromatic rings. The van der Waals surface area contributed by atoms with Gasteiger partial charge in [0.05, 0.1) is 12.2 Å². The van der Waals surface area contributed by atoms with E-state index in [1.165, 1.54) is 5.69 Å². The molecule has 1 heterocycles. The van der Waals surface area contributed by atoms with Gasteiger partial charge in [-0.3, -0.25) is 0 Å². The Kier molecular flexibility index (Phi) is 5.82. The normalized spacial score (nSPS) is 11.1. The number of ether oxygens (including phenoxy) is 1. The van der Waals surface area contributed by atoms with Gasteiger partial charge in [-0.25, -0.2) is 4.98 Å². The first-order valence-electron chi connectivity index (χ1n) is 7.19. The van der Waals surface area contributed by atoms with Crippen LogP contribution < -0.4 is 10.1 Å². The zero-order chi connectivity index (χ0) is 15.2. The van der Waals surface area contributed by atoms with Crippen LogP contribution in [-0.2, 0) is 13.1 Å². The number of hydrogen-bond donors (Lipinski definition) is 1. The van der Waals surface area contributed by atoms with Crippen molar-refractivity contribution >= 4 is 15.9 Å². The van der Waals surface area contributed by atoms with E-state index in [0.29, 0.717) is 12.6 Å². The van der Waals surface area contributed by atoms with Gasteiger partial charge in [-0.05, 0) is 31.2 Å². The van der Waals surface area contributed by atoms with Gasteiger partial charge in [-0.1, -0.05) is 29.8 Å². The summed E-state index contributed by atoms with van der Waals surface area (Å²) in [5.41, 5.74) is 1.20. The smallest absolute Gasteiger partial charge is 0.119 e. The summed E-state index contributed by atoms with van der Waals surface area (Å²) < 4.78 is 9.04. The molecule has 1 aromatic carbocycles. The van der Waals surface area contributed by atoms with Gasteiger partial charge in [0.1, 0.15) is 18.2 Å². The van der Waals surface area contributed by atoms with E-state index >= 15 is 0 Å². The van der Waals surface area contributed by atoms with Gasteiger partial charge < -0.3 is 14.6 Å². The van der Waals surface area contributed by atoms with Crippen LogP contribution >= 0.6 is 15.9 Å². The maximum absolute atomic E-state index is 5.78. The van der Waals surface area contributed by atoms with E-state index in [1.54, 1.807) is 0 Å². The van der Waals surface area contributed by atoms with Gasteiger partial charge >= 0.3 is 0 Å². The number of imidazole rings is 1. The van der Waals surface area contributed by atoms with Crippen molar-refractivity contribution in [3.05, 3.63) is 46.5 Å². The van der Waals surface area contributed by atoms with Crippen LogP contribution in [0.15, 0.2) is 34.9 Å². The number of rotatable bonds is 7. The van der Waals surface area contributed by atoms with Crippen molar-refractivity contribution < 1.29 is 4.74 Å². The lowest BCUT2D eigenvalue weighted by atomic mass is 10.3. The fourth-order valence-electron chi connectivity index (χ4n) is 2.06. The highest BCUT2D eigenvalue weighted by atomic mass is 79.9. The summed E-state index contributed by atoms with van der Waals surface area (Å²) >= 11 is 3.42. The SMILES string of the molecule is Cc1ncc(CNC(C)C)n1CCOc1ccc(Br)cc1. The Morgan fingerprint density at radius 2 is 2.00 bits per heavy atom. The number of benzene rings is 1. The van der Waals surface area contributed by atoms with E-state index in [4.69, 9.17) is 4.74 Å². The number of halogens is 1. The molecule has 1 N–H and O–H groups in total. The number of aryl methyl sites for hydroxylation is 1. The van der Waals surface area contributed by atoms with Crippen molar-refractivity contribution in [2.75, 3.05) is 6.61 Å². The van der Waals surface area contributed by atoms with E-state index in [1.807, 2.05) is 37.4 Å². The number of nitrogens with one attached hydrogen (secondary N) is 1. The van der Waals surface area contributed by atoms with Crippen LogP contribution in [0.4, 0.5) is 0 Å². The lowest BCUT2D eigenvalue weighted by Crippen LogP contribution is -2.24. The van der Waals surface area contributed by atoms with E-state index in [-0.39, 0.29) is 0 Å². The third kappa shape index (κ3) is 4.86. The summed E-state index contributed by atoms with van der Waals surface area (Å²) in [6.45, 7) is 8.58. The molecule has 0 unspecified atom stereocenters. The summed E-state index contributed by atoms with van der Waals surface area (Å²) in [6.07, 6.45) is 1.93. The first kappa shape index (κ1) is 16.0. The molecule has 1 aromatic heterocycles. The molecule has 0 atom stereocenters. The Morgan fingerprint density at radius 1 is 1.29 bits per heavy atom. The van der Waals surface area contributed by atoms with Crippen molar-refractivity contribution in [2.45, 2.75) is 39.9 Å². The average molecular weight is 352 g/mol. The number of nitrogens with zero attached hydrogens (tertiary/aromatic N) is 2. The molecule has 4 nitrogen and oxygen atoms in total. The Balaban J connectivity index is 1.90. The minimum absolute atomic E-state index is 0.465. The van der Waals surface area contributed by atoms with Crippen molar-refractivity contribution in [2.24, 2.45) is 0 Å². The molecule has 5 heteroatoms. The predicted molar refractivity (Wildman–Crippen MR) is 88.6 cm³/mol. The van der Waals surface area contributed by atoms with Gasteiger partial charge in [0.2, 0.25) is 0 Å². The second-order valence-electron chi connectivity index (χ2n) is 5.29. The molecule has 0 fully saturated rings. The van der Waals surface area contributed by atoms with Gasteiger partial charge in [-0.2, -0.15) is 0 Å². The number of hydrogen-bond acceptors (Lipinski definition) is 3. The Bertz CT molecular complexity index is 563. The monoisotopic (exact) mass is 351 g/mol. The summed E-state index contributed by atoms with van der Waals surface area (Å²) in [4.78, 5) is 4.39. The fraction of sp³-hybridized carbons (Fsp3) is 0.438. The molecular formula is C16H22BrN3O. The highest BCUT2D eigenvalue weighted by molar-refractivity contribution is 9.10. The first-order valence-corrected chi connectivity index (χ1v) is 7.98. The van der Waals surface area contributed by atoms with Crippen molar-refractivity contribution in [1.29, 1.82) is 0 Å². The summed E-state index contributed by atoms with van der Waals surface area (Å²) in [6, 6.07) is 8.36. The summed E-state index contributed by atoms with van der Waals surface area (Å²) in [7, 11) is 0. The van der Waals surface area contributed by atoms with Crippen LogP contribution in [0.2, 0.25) is 0 Å². The molecule has 114 valence electrons. The standard InChI is InChI=1S/C16H22BrN3O/c1-12(2)18-10-15-11-19-13(3)20(15)8-9-21-16-6-4-14(17)5-7-16/h4-7,11-12,18H,8-10H2,1-3H3. The van der Waals surface area contributed by atoms with Gasteiger partial charge in [0.25, 0.3) is 0 Å². The van der Waals surface area contributed by atoms with Crippen molar-refractivity contribution in [1.82, 2.24) is 14.9 Å². The molecule has 2 rings (SSSR count). The first-order chi connectivity index (χ1) is 10.1. The zero-order valence-electron chi connectivity index (χ0n) is 12.8. The zero-order valence-corrected chi connectivity index (χ0v) is 14.4. The van der Waals surface area contributed by atoms with Crippen LogP contribution in [0.5, 0.6) is 5.75 Å². The fourth-order valence-corrected chi connectivity index (χ4v) is 2.32. The second-order valence-corrected chi connectivity index (χ2v) is 6.20. The molecule has 0 saturated carbocycles. The van der Waals surface area contributed by atoms with Crippen LogP contribution in [0.25, 0.3) is 0 Å². The lowest BCUT2D eigenvalue weighted by molar-refractivity contribution is 0.294. The third-order valence-electron chi connectivity index (χ3n) is 3.23. The van der Waals surface area contributed by atoms with Gasteiger partial charge in [-0.15, -0.1) is 0 Å². The Morgan fingerprint density at radius 3 is 2.67 bits per heavy atom. The van der Waals surface area contributed by atoms with Crippen LogP contribution in [0.1, 0.15) is 25.4 Å². The maximum atomic E-state index is 5.78. The van der Waals surface area contributed by atoms with E-state index in [0.717, 1.165) is 29.1 Å². The summed E-state index contributed by atoms with van der Waals surface area (Å²) in [5.74, 6) is 1.91. The average Bonchev–Trinajstić information content (AvgIpc) is 2.80. The van der Waals surface area contributed by atoms with Crippen molar-refractivity contribution in [3.63, 3.8) is 0 Å². The lowest BCUT2D eigenvalue weighted by Gasteiger charge is -2.13. The van der Waals surface area contributed by atoms with Gasteiger partial charge in [0.15, 0.2) is 0 Å². The molecule has 0 spiro atoms. The molecule has 21 heavy (non-hydrogen) atoms. The van der Waals surface area contributed by atoms with E-state index < -0.39 is 0 Å². The quantitative estimate of drug-likeness (QED) is 0.829. The minimum Gasteiger partial charge on any atom is -0.492 e. The Labute approximate surface area is 134 Å². The third-order valence-corrected chi connectivity index (χ3v) is 3.76. The number of aromatic nitrogens is 2. The van der Waals surface area contributed by atoms with Crippen LogP contribution in [0.3, 0.4) is 0 Å². The largest absolute Gasteiger partial charge is 0.492 e. The van der Waals surface area contributed by atoms with Crippen LogP contribution in [-0.4, -0.2) is 22.2 Å². The van der Waals surface area contributed by atoms with Crippen LogP contribution in [0, 0.1) is 6.92 Å². The highest BCUT2D eigenvalue weighted by Crippen LogP contribution is 2.16. The van der Waals surface area contributed by atoms with E-state index in [9.17, 15) is 0 Å².